The summed E-state index contributed by atoms with van der Waals surface area (Å²) >= 11 is 5.72. The van der Waals surface area contributed by atoms with Crippen molar-refractivity contribution >= 4 is 17.9 Å². The van der Waals surface area contributed by atoms with E-state index in [0.717, 1.165) is 5.56 Å². The first kappa shape index (κ1) is 10.2. The molecule has 1 rings (SSSR count). The Morgan fingerprint density at radius 3 is 2.54 bits per heavy atom. The van der Waals surface area contributed by atoms with Gasteiger partial charge in [0.05, 0.1) is 6.04 Å². The molecule has 0 saturated heterocycles. The molecule has 0 aliphatic carbocycles. The molecule has 0 saturated carbocycles. The topological polar surface area (TPSA) is 29.1 Å². The number of nitrogens with one attached hydrogen (secondary N) is 1. The average molecular weight is 197 g/mol. The zero-order chi connectivity index (χ0) is 9.68. The SMILES string of the molecule is CNC([C]=O)Cc1ccc(Cl)cc1. The average Bonchev–Trinajstić information content (AvgIpc) is 2.17. The van der Waals surface area contributed by atoms with E-state index in [-0.39, 0.29) is 6.04 Å². The summed E-state index contributed by atoms with van der Waals surface area (Å²) in [6, 6.07) is 7.21. The molecule has 1 aromatic rings. The van der Waals surface area contributed by atoms with Crippen LogP contribution in [0, 0.1) is 0 Å². The third-order valence-electron chi connectivity index (χ3n) is 1.84. The summed E-state index contributed by atoms with van der Waals surface area (Å²) in [5, 5.41) is 3.57. The highest BCUT2D eigenvalue weighted by Crippen LogP contribution is 2.10. The minimum atomic E-state index is -0.235. The van der Waals surface area contributed by atoms with Crippen LogP contribution in [0.25, 0.3) is 0 Å². The van der Waals surface area contributed by atoms with Crippen molar-refractivity contribution < 1.29 is 4.79 Å². The maximum absolute atomic E-state index is 10.4. The highest BCUT2D eigenvalue weighted by atomic mass is 35.5. The van der Waals surface area contributed by atoms with Crippen molar-refractivity contribution in [3.63, 3.8) is 0 Å². The van der Waals surface area contributed by atoms with Crippen molar-refractivity contribution in [2.75, 3.05) is 7.05 Å². The van der Waals surface area contributed by atoms with E-state index in [4.69, 9.17) is 11.6 Å². The number of hydrogen-bond donors (Lipinski definition) is 1. The zero-order valence-electron chi connectivity index (χ0n) is 7.38. The maximum Gasteiger partial charge on any atom is 0.217 e. The Bertz CT molecular complexity index is 271. The van der Waals surface area contributed by atoms with Crippen LogP contribution in [0.5, 0.6) is 0 Å². The molecule has 0 aliphatic heterocycles. The van der Waals surface area contributed by atoms with Gasteiger partial charge >= 0.3 is 0 Å². The minimum absolute atomic E-state index is 0.235. The van der Waals surface area contributed by atoms with E-state index in [1.165, 1.54) is 0 Å². The normalized spacial score (nSPS) is 12.5. The van der Waals surface area contributed by atoms with E-state index >= 15 is 0 Å². The zero-order valence-corrected chi connectivity index (χ0v) is 8.14. The predicted octanol–water partition coefficient (Wildman–Crippen LogP) is 1.58. The number of carbonyl (C=O) groups excluding carboxylic acids is 1. The first-order valence-corrected chi connectivity index (χ1v) is 4.43. The Hall–Kier alpha value is -0.860. The molecule has 1 unspecified atom stereocenters. The van der Waals surface area contributed by atoms with Crippen LogP contribution in [-0.4, -0.2) is 19.4 Å². The van der Waals surface area contributed by atoms with Gasteiger partial charge in [0.2, 0.25) is 6.29 Å². The third-order valence-corrected chi connectivity index (χ3v) is 2.10. The predicted molar refractivity (Wildman–Crippen MR) is 53.7 cm³/mol. The summed E-state index contributed by atoms with van der Waals surface area (Å²) in [4.78, 5) is 10.4. The molecule has 2 nitrogen and oxygen atoms in total. The Morgan fingerprint density at radius 2 is 2.08 bits per heavy atom. The minimum Gasteiger partial charge on any atom is -0.310 e. The van der Waals surface area contributed by atoms with Crippen LogP contribution in [-0.2, 0) is 11.2 Å². The first-order chi connectivity index (χ1) is 6.26. The van der Waals surface area contributed by atoms with Crippen LogP contribution in [0.1, 0.15) is 5.56 Å². The molecule has 1 atom stereocenters. The molecule has 13 heavy (non-hydrogen) atoms. The van der Waals surface area contributed by atoms with E-state index in [1.807, 2.05) is 30.6 Å². The van der Waals surface area contributed by atoms with Gasteiger partial charge in [-0.3, -0.25) is 4.79 Å². The lowest BCUT2D eigenvalue weighted by atomic mass is 10.1. The van der Waals surface area contributed by atoms with Crippen molar-refractivity contribution in [2.24, 2.45) is 0 Å². The van der Waals surface area contributed by atoms with E-state index < -0.39 is 0 Å². The molecule has 1 N–H and O–H groups in total. The first-order valence-electron chi connectivity index (χ1n) is 4.05. The van der Waals surface area contributed by atoms with Crippen molar-refractivity contribution in [3.05, 3.63) is 34.9 Å². The fourth-order valence-corrected chi connectivity index (χ4v) is 1.18. The summed E-state index contributed by atoms with van der Waals surface area (Å²) in [6.45, 7) is 0. The van der Waals surface area contributed by atoms with Crippen LogP contribution in [0.3, 0.4) is 0 Å². The van der Waals surface area contributed by atoms with Crippen molar-refractivity contribution in [2.45, 2.75) is 12.5 Å². The van der Waals surface area contributed by atoms with Crippen molar-refractivity contribution in [1.82, 2.24) is 5.32 Å². The largest absolute Gasteiger partial charge is 0.310 e. The lowest BCUT2D eigenvalue weighted by Gasteiger charge is -2.07. The molecular formula is C10H11ClNO. The number of benzene rings is 1. The molecule has 0 spiro atoms. The fraction of sp³-hybridized carbons (Fsp3) is 0.300. The molecular weight excluding hydrogens is 186 g/mol. The van der Waals surface area contributed by atoms with Gasteiger partial charge in [0.15, 0.2) is 0 Å². The smallest absolute Gasteiger partial charge is 0.217 e. The van der Waals surface area contributed by atoms with Crippen LogP contribution in [0.2, 0.25) is 5.02 Å². The third kappa shape index (κ3) is 3.17. The molecule has 0 aliphatic rings. The summed E-state index contributed by atoms with van der Waals surface area (Å²) in [7, 11) is 1.74. The van der Waals surface area contributed by atoms with Crippen molar-refractivity contribution in [3.8, 4) is 0 Å². The lowest BCUT2D eigenvalue weighted by Crippen LogP contribution is -2.28. The molecule has 0 heterocycles. The van der Waals surface area contributed by atoms with E-state index in [2.05, 4.69) is 5.32 Å². The maximum atomic E-state index is 10.4. The van der Waals surface area contributed by atoms with Crippen LogP contribution in [0.15, 0.2) is 24.3 Å². The molecule has 0 aromatic heterocycles. The molecule has 1 aromatic carbocycles. The summed E-state index contributed by atoms with van der Waals surface area (Å²) in [5.74, 6) is 0. The van der Waals surface area contributed by atoms with E-state index in [0.29, 0.717) is 11.4 Å². The highest BCUT2D eigenvalue weighted by molar-refractivity contribution is 6.30. The van der Waals surface area contributed by atoms with Crippen LogP contribution < -0.4 is 5.32 Å². The van der Waals surface area contributed by atoms with Crippen LogP contribution >= 0.6 is 11.6 Å². The molecule has 0 fully saturated rings. The number of likely N-dealkylation sites (N-methyl/N-ethyl adjacent to an activating group) is 1. The Balaban J connectivity index is 2.63. The molecule has 69 valence electrons. The van der Waals surface area contributed by atoms with Crippen LogP contribution in [0.4, 0.5) is 0 Å². The van der Waals surface area contributed by atoms with Gasteiger partial charge in [0.25, 0.3) is 0 Å². The monoisotopic (exact) mass is 196 g/mol. The Labute approximate surface area is 82.9 Å². The second kappa shape index (κ2) is 5.00. The van der Waals surface area contributed by atoms with Gasteiger partial charge in [0, 0.05) is 5.02 Å². The van der Waals surface area contributed by atoms with Crippen molar-refractivity contribution in [1.29, 1.82) is 0 Å². The van der Waals surface area contributed by atoms with Gasteiger partial charge in [-0.25, -0.2) is 0 Å². The van der Waals surface area contributed by atoms with Gasteiger partial charge in [-0.05, 0) is 31.2 Å². The molecule has 1 radical (unpaired) electrons. The number of hydrogen-bond acceptors (Lipinski definition) is 2. The molecule has 3 heteroatoms. The second-order valence-corrected chi connectivity index (χ2v) is 3.23. The van der Waals surface area contributed by atoms with Gasteiger partial charge in [-0.1, -0.05) is 23.7 Å². The highest BCUT2D eigenvalue weighted by Gasteiger charge is 2.05. The quantitative estimate of drug-likeness (QED) is 0.793. The summed E-state index contributed by atoms with van der Waals surface area (Å²) in [5.41, 5.74) is 1.08. The van der Waals surface area contributed by atoms with E-state index in [9.17, 15) is 4.79 Å². The Kier molecular flexibility index (Phi) is 3.93. The van der Waals surface area contributed by atoms with Gasteiger partial charge in [-0.2, -0.15) is 0 Å². The second-order valence-electron chi connectivity index (χ2n) is 2.79. The number of halogens is 1. The summed E-state index contributed by atoms with van der Waals surface area (Å²) in [6.07, 6.45) is 2.57. The van der Waals surface area contributed by atoms with Gasteiger partial charge in [-0.15, -0.1) is 0 Å². The standard InChI is InChI=1S/C10H11ClNO/c1-12-10(7-13)6-8-2-4-9(11)5-3-8/h2-5,10,12H,6H2,1H3. The molecule has 0 bridgehead atoms. The summed E-state index contributed by atoms with van der Waals surface area (Å²) < 4.78 is 0. The molecule has 0 amide bonds. The fourth-order valence-electron chi connectivity index (χ4n) is 1.06. The van der Waals surface area contributed by atoms with Gasteiger partial charge in [0.1, 0.15) is 0 Å². The Morgan fingerprint density at radius 1 is 1.46 bits per heavy atom. The number of rotatable bonds is 4. The van der Waals surface area contributed by atoms with E-state index in [1.54, 1.807) is 7.05 Å². The lowest BCUT2D eigenvalue weighted by molar-refractivity contribution is 0.526. The van der Waals surface area contributed by atoms with Gasteiger partial charge < -0.3 is 5.32 Å².